The van der Waals surface area contributed by atoms with Crippen molar-refractivity contribution in [2.75, 3.05) is 19.3 Å². The molecule has 0 aliphatic carbocycles. The molecule has 0 atom stereocenters. The maximum absolute atomic E-state index is 10.9. The van der Waals surface area contributed by atoms with E-state index in [9.17, 15) is 8.42 Å². The van der Waals surface area contributed by atoms with Crippen LogP contribution in [-0.4, -0.2) is 39.7 Å². The number of rotatable bonds is 4. The molecular formula is C5H14N6O2S. The molecule has 0 aromatic carbocycles. The van der Waals surface area contributed by atoms with Gasteiger partial charge in [0.05, 0.1) is 12.3 Å². The summed E-state index contributed by atoms with van der Waals surface area (Å²) in [6, 6.07) is 0. The first-order chi connectivity index (χ1) is 6.37. The van der Waals surface area contributed by atoms with Crippen LogP contribution in [0.5, 0.6) is 0 Å². The van der Waals surface area contributed by atoms with Crippen LogP contribution in [0.15, 0.2) is 9.98 Å². The van der Waals surface area contributed by atoms with Crippen molar-refractivity contribution in [3.63, 3.8) is 0 Å². The van der Waals surface area contributed by atoms with Gasteiger partial charge in [-0.05, 0) is 7.05 Å². The van der Waals surface area contributed by atoms with Gasteiger partial charge >= 0.3 is 0 Å². The number of nitrogens with zero attached hydrogens (tertiary/aromatic N) is 2. The largest absolute Gasteiger partial charge is 0.370 e. The lowest BCUT2D eigenvalue weighted by Crippen LogP contribution is -2.27. The third-order valence-electron chi connectivity index (χ3n) is 1.19. The van der Waals surface area contributed by atoms with Crippen LogP contribution in [0.1, 0.15) is 0 Å². The topological polar surface area (TPSA) is 149 Å². The molecule has 0 aliphatic rings. The van der Waals surface area contributed by atoms with Crippen molar-refractivity contribution in [2.45, 2.75) is 0 Å². The highest BCUT2D eigenvalue weighted by Crippen LogP contribution is 1.83. The number of aliphatic imine (C=N–C) groups is 2. The van der Waals surface area contributed by atoms with E-state index in [0.717, 1.165) is 0 Å². The number of hydrogen-bond donors (Lipinski definition) is 4. The van der Waals surface area contributed by atoms with Gasteiger partial charge in [0, 0.05) is 0 Å². The summed E-state index contributed by atoms with van der Waals surface area (Å²) in [5.74, 6) is -0.525. The first kappa shape index (κ1) is 12.7. The zero-order valence-corrected chi connectivity index (χ0v) is 8.58. The van der Waals surface area contributed by atoms with Crippen molar-refractivity contribution in [1.82, 2.24) is 4.72 Å². The normalized spacial score (nSPS) is 12.5. The van der Waals surface area contributed by atoms with Gasteiger partial charge in [0.25, 0.3) is 0 Å². The average molecular weight is 222 g/mol. The molecule has 0 bridgehead atoms. The van der Waals surface area contributed by atoms with Gasteiger partial charge in [-0.3, -0.25) is 4.99 Å². The minimum Gasteiger partial charge on any atom is -0.370 e. The molecular weight excluding hydrogens is 208 g/mol. The molecule has 0 fully saturated rings. The second-order valence-corrected chi connectivity index (χ2v) is 4.35. The molecule has 9 heteroatoms. The summed E-state index contributed by atoms with van der Waals surface area (Å²) >= 11 is 0. The molecule has 0 saturated carbocycles. The SMILES string of the molecule is CNS(=O)(=O)CCN=C(N)N=C(N)N. The van der Waals surface area contributed by atoms with Crippen molar-refractivity contribution in [2.24, 2.45) is 27.2 Å². The van der Waals surface area contributed by atoms with Gasteiger partial charge in [0.15, 0.2) is 5.96 Å². The van der Waals surface area contributed by atoms with Crippen LogP contribution in [0.4, 0.5) is 0 Å². The first-order valence-corrected chi connectivity index (χ1v) is 5.33. The van der Waals surface area contributed by atoms with Crippen molar-refractivity contribution < 1.29 is 8.42 Å². The fourth-order valence-corrected chi connectivity index (χ4v) is 1.09. The van der Waals surface area contributed by atoms with E-state index in [1.54, 1.807) is 0 Å². The van der Waals surface area contributed by atoms with Gasteiger partial charge in [-0.25, -0.2) is 13.1 Å². The molecule has 0 amide bonds. The maximum Gasteiger partial charge on any atom is 0.218 e. The Kier molecular flexibility index (Phi) is 4.87. The van der Waals surface area contributed by atoms with Crippen LogP contribution in [0.25, 0.3) is 0 Å². The minimum atomic E-state index is -3.27. The Hall–Kier alpha value is -1.35. The average Bonchev–Trinajstić information content (AvgIpc) is 2.02. The van der Waals surface area contributed by atoms with Crippen LogP contribution in [-0.2, 0) is 10.0 Å². The van der Waals surface area contributed by atoms with E-state index < -0.39 is 10.0 Å². The quantitative estimate of drug-likeness (QED) is 0.298. The molecule has 0 radical (unpaired) electrons. The van der Waals surface area contributed by atoms with E-state index in [1.807, 2.05) is 0 Å². The fraction of sp³-hybridized carbons (Fsp3) is 0.600. The summed E-state index contributed by atoms with van der Waals surface area (Å²) in [6.07, 6.45) is 0. The lowest BCUT2D eigenvalue weighted by atomic mass is 10.8. The highest BCUT2D eigenvalue weighted by molar-refractivity contribution is 7.89. The molecule has 14 heavy (non-hydrogen) atoms. The van der Waals surface area contributed by atoms with Gasteiger partial charge in [0.2, 0.25) is 16.0 Å². The number of guanidine groups is 2. The summed E-state index contributed by atoms with van der Waals surface area (Å²) in [7, 11) is -1.95. The summed E-state index contributed by atoms with van der Waals surface area (Å²) in [5.41, 5.74) is 15.3. The van der Waals surface area contributed by atoms with Crippen LogP contribution in [0.3, 0.4) is 0 Å². The van der Waals surface area contributed by atoms with Crippen LogP contribution >= 0.6 is 0 Å². The van der Waals surface area contributed by atoms with E-state index in [2.05, 4.69) is 14.7 Å². The second kappa shape index (κ2) is 5.40. The highest BCUT2D eigenvalue weighted by atomic mass is 32.2. The van der Waals surface area contributed by atoms with Gasteiger partial charge < -0.3 is 17.2 Å². The number of hydrogen-bond acceptors (Lipinski definition) is 3. The lowest BCUT2D eigenvalue weighted by molar-refractivity contribution is 0.588. The predicted molar refractivity (Wildman–Crippen MR) is 55.1 cm³/mol. The summed E-state index contributed by atoms with van der Waals surface area (Å²) in [5, 5.41) is 0. The molecule has 0 aromatic rings. The van der Waals surface area contributed by atoms with Crippen molar-refractivity contribution in [3.05, 3.63) is 0 Å². The zero-order valence-electron chi connectivity index (χ0n) is 7.77. The predicted octanol–water partition coefficient (Wildman–Crippen LogP) is -2.88. The molecule has 0 aromatic heterocycles. The summed E-state index contributed by atoms with van der Waals surface area (Å²) < 4.78 is 23.9. The van der Waals surface area contributed by atoms with E-state index in [4.69, 9.17) is 17.2 Å². The van der Waals surface area contributed by atoms with E-state index >= 15 is 0 Å². The second-order valence-electron chi connectivity index (χ2n) is 2.30. The first-order valence-electron chi connectivity index (χ1n) is 3.68. The Morgan fingerprint density at radius 3 is 2.36 bits per heavy atom. The Morgan fingerprint density at radius 2 is 1.93 bits per heavy atom. The highest BCUT2D eigenvalue weighted by Gasteiger charge is 2.04. The molecule has 0 rings (SSSR count). The third kappa shape index (κ3) is 6.20. The standard InChI is InChI=1S/C5H14N6O2S/c1-9-14(12,13)3-2-10-5(8)11-4(6)7/h9H,2-3H2,1H3,(H6,6,7,8,10,11). The summed E-state index contributed by atoms with van der Waals surface area (Å²) in [6.45, 7) is 0.00574. The van der Waals surface area contributed by atoms with Crippen LogP contribution in [0, 0.1) is 0 Å². The smallest absolute Gasteiger partial charge is 0.218 e. The Morgan fingerprint density at radius 1 is 1.36 bits per heavy atom. The maximum atomic E-state index is 10.9. The Bertz CT molecular complexity index is 328. The number of sulfonamides is 1. The van der Waals surface area contributed by atoms with Crippen LogP contribution in [0.2, 0.25) is 0 Å². The van der Waals surface area contributed by atoms with E-state index in [-0.39, 0.29) is 24.2 Å². The minimum absolute atomic E-state index is 0.00574. The molecule has 0 saturated heterocycles. The number of nitrogens with one attached hydrogen (secondary N) is 1. The van der Waals surface area contributed by atoms with Gasteiger partial charge in [-0.1, -0.05) is 0 Å². The van der Waals surface area contributed by atoms with Gasteiger partial charge in [0.1, 0.15) is 0 Å². The Labute approximate surface area is 82.3 Å². The molecule has 8 nitrogen and oxygen atoms in total. The van der Waals surface area contributed by atoms with Crippen molar-refractivity contribution in [3.8, 4) is 0 Å². The molecule has 0 heterocycles. The molecule has 82 valence electrons. The van der Waals surface area contributed by atoms with Crippen molar-refractivity contribution >= 4 is 21.9 Å². The van der Waals surface area contributed by atoms with Gasteiger partial charge in [-0.15, -0.1) is 0 Å². The monoisotopic (exact) mass is 222 g/mol. The number of nitrogens with two attached hydrogens (primary N) is 3. The van der Waals surface area contributed by atoms with Gasteiger partial charge in [-0.2, -0.15) is 4.99 Å². The summed E-state index contributed by atoms with van der Waals surface area (Å²) in [4.78, 5) is 7.03. The Balaban J connectivity index is 4.13. The fourth-order valence-electron chi connectivity index (χ4n) is 0.550. The zero-order chi connectivity index (χ0) is 11.2. The molecule has 7 N–H and O–H groups in total. The van der Waals surface area contributed by atoms with Crippen molar-refractivity contribution in [1.29, 1.82) is 0 Å². The van der Waals surface area contributed by atoms with Crippen LogP contribution < -0.4 is 21.9 Å². The van der Waals surface area contributed by atoms with E-state index in [1.165, 1.54) is 7.05 Å². The van der Waals surface area contributed by atoms with E-state index in [0.29, 0.717) is 0 Å². The molecule has 0 unspecified atom stereocenters. The third-order valence-corrected chi connectivity index (χ3v) is 2.53. The lowest BCUT2D eigenvalue weighted by Gasteiger charge is -1.98. The molecule has 0 spiro atoms. The molecule has 0 aliphatic heterocycles.